The van der Waals surface area contributed by atoms with Crippen molar-refractivity contribution < 1.29 is 19.4 Å². The van der Waals surface area contributed by atoms with Crippen LogP contribution < -0.4 is 15.6 Å². The Labute approximate surface area is 177 Å². The van der Waals surface area contributed by atoms with Gasteiger partial charge in [0.25, 0.3) is 5.56 Å². The third-order valence-corrected chi connectivity index (χ3v) is 4.95. The number of benzene rings is 2. The zero-order chi connectivity index (χ0) is 22.0. The van der Waals surface area contributed by atoms with Crippen molar-refractivity contribution >= 4 is 40.1 Å². The summed E-state index contributed by atoms with van der Waals surface area (Å²) in [4.78, 5) is 40.0. The lowest BCUT2D eigenvalue weighted by molar-refractivity contribution is -0.131. The lowest BCUT2D eigenvalue weighted by Gasteiger charge is -2.08. The highest BCUT2D eigenvalue weighted by Crippen LogP contribution is 2.28. The smallest absolute Gasteiger partial charge is 0.328 e. The summed E-state index contributed by atoms with van der Waals surface area (Å²) >= 11 is 0. The lowest BCUT2D eigenvalue weighted by atomic mass is 10.1. The highest BCUT2D eigenvalue weighted by atomic mass is 16.5. The molecule has 8 heteroatoms. The van der Waals surface area contributed by atoms with E-state index in [2.05, 4.69) is 10.3 Å². The molecule has 0 bridgehead atoms. The van der Waals surface area contributed by atoms with Gasteiger partial charge in [-0.1, -0.05) is 12.1 Å². The molecule has 0 unspecified atom stereocenters. The minimum atomic E-state index is -1.21. The Hall–Kier alpha value is -4.20. The Morgan fingerprint density at radius 3 is 2.65 bits per heavy atom. The van der Waals surface area contributed by atoms with Crippen LogP contribution in [-0.2, 0) is 16.1 Å². The zero-order valence-corrected chi connectivity index (χ0v) is 16.7. The summed E-state index contributed by atoms with van der Waals surface area (Å²) < 4.78 is 6.84. The van der Waals surface area contributed by atoms with Crippen LogP contribution in [0.3, 0.4) is 0 Å². The van der Waals surface area contributed by atoms with Crippen LogP contribution in [0.1, 0.15) is 17.8 Å². The predicted octanol–water partition coefficient (Wildman–Crippen LogP) is 2.93. The number of methoxy groups -OCH3 is 1. The van der Waals surface area contributed by atoms with Gasteiger partial charge in [-0.3, -0.25) is 14.2 Å². The first-order valence-corrected chi connectivity index (χ1v) is 9.56. The number of carboxylic acid groups (broad SMARTS) is 1. The molecular formula is C23H19N3O5. The molecule has 1 aliphatic heterocycles. The van der Waals surface area contributed by atoms with E-state index in [0.29, 0.717) is 35.4 Å². The van der Waals surface area contributed by atoms with Crippen molar-refractivity contribution in [3.05, 3.63) is 76.4 Å². The van der Waals surface area contributed by atoms with Gasteiger partial charge in [0.15, 0.2) is 0 Å². The molecule has 1 aromatic heterocycles. The second kappa shape index (κ2) is 8.27. The van der Waals surface area contributed by atoms with Gasteiger partial charge in [-0.15, -0.1) is 0 Å². The molecule has 4 rings (SSSR count). The van der Waals surface area contributed by atoms with Crippen LogP contribution in [0.5, 0.6) is 5.75 Å². The van der Waals surface area contributed by atoms with Gasteiger partial charge in [0.05, 0.1) is 18.0 Å². The van der Waals surface area contributed by atoms with Crippen LogP contribution >= 0.6 is 0 Å². The molecule has 3 aromatic rings. The number of fused-ring (bicyclic) bond motifs is 2. The molecule has 2 N–H and O–H groups in total. The Morgan fingerprint density at radius 2 is 1.94 bits per heavy atom. The SMILES string of the molecule is COc1ccc(C=C2CCn3c2nc2cc(NC(=O)C=CC(=O)O)ccc2c3=O)cc1. The van der Waals surface area contributed by atoms with Crippen molar-refractivity contribution in [2.24, 2.45) is 0 Å². The average molecular weight is 417 g/mol. The van der Waals surface area contributed by atoms with Gasteiger partial charge in [-0.2, -0.15) is 0 Å². The van der Waals surface area contributed by atoms with Crippen LogP contribution in [0.15, 0.2) is 59.4 Å². The normalized spacial score (nSPS) is 14.2. The van der Waals surface area contributed by atoms with Gasteiger partial charge in [0, 0.05) is 24.4 Å². The third kappa shape index (κ3) is 4.23. The van der Waals surface area contributed by atoms with Crippen LogP contribution in [0.25, 0.3) is 22.6 Å². The number of rotatable bonds is 5. The van der Waals surface area contributed by atoms with Crippen molar-refractivity contribution in [1.29, 1.82) is 0 Å². The summed E-state index contributed by atoms with van der Waals surface area (Å²) in [7, 11) is 1.61. The second-order valence-electron chi connectivity index (χ2n) is 6.98. The summed E-state index contributed by atoms with van der Waals surface area (Å²) in [5.41, 5.74) is 2.66. The lowest BCUT2D eigenvalue weighted by Crippen LogP contribution is -2.21. The molecule has 0 aliphatic carbocycles. The van der Waals surface area contributed by atoms with Crippen molar-refractivity contribution in [3.8, 4) is 5.75 Å². The summed E-state index contributed by atoms with van der Waals surface area (Å²) in [5.74, 6) is -0.431. The predicted molar refractivity (Wildman–Crippen MR) is 117 cm³/mol. The number of anilines is 1. The molecular weight excluding hydrogens is 398 g/mol. The fourth-order valence-corrected chi connectivity index (χ4v) is 3.46. The van der Waals surface area contributed by atoms with Crippen molar-refractivity contribution in [2.75, 3.05) is 12.4 Å². The van der Waals surface area contributed by atoms with E-state index in [1.54, 1.807) is 29.9 Å². The monoisotopic (exact) mass is 417 g/mol. The molecule has 0 radical (unpaired) electrons. The number of nitrogens with zero attached hydrogens (tertiary/aromatic N) is 2. The molecule has 2 heterocycles. The number of nitrogens with one attached hydrogen (secondary N) is 1. The first-order chi connectivity index (χ1) is 14.9. The number of amides is 1. The standard InChI is InChI=1S/C23H19N3O5/c1-31-17-5-2-14(3-6-17)12-15-10-11-26-22(15)25-19-13-16(4-7-18(19)23(26)30)24-20(27)8-9-21(28)29/h2-9,12-13H,10-11H2,1H3,(H,24,27)(H,28,29). The Kier molecular flexibility index (Phi) is 5.36. The Bertz CT molecular complexity index is 1300. The topological polar surface area (TPSA) is 111 Å². The highest BCUT2D eigenvalue weighted by Gasteiger charge is 2.21. The van der Waals surface area contributed by atoms with E-state index in [4.69, 9.17) is 9.84 Å². The van der Waals surface area contributed by atoms with Crippen LogP contribution in [0.2, 0.25) is 0 Å². The fourth-order valence-electron chi connectivity index (χ4n) is 3.46. The molecule has 8 nitrogen and oxygen atoms in total. The number of carbonyl (C=O) groups excluding carboxylic acids is 1. The van der Waals surface area contributed by atoms with Gasteiger partial charge in [0.2, 0.25) is 5.91 Å². The number of carboxylic acids is 1. The summed E-state index contributed by atoms with van der Waals surface area (Å²) in [6, 6.07) is 12.4. The number of hydrogen-bond acceptors (Lipinski definition) is 5. The van der Waals surface area contributed by atoms with Crippen molar-refractivity contribution in [3.63, 3.8) is 0 Å². The van der Waals surface area contributed by atoms with Gasteiger partial charge in [-0.05, 0) is 54.0 Å². The molecule has 0 saturated heterocycles. The first-order valence-electron chi connectivity index (χ1n) is 9.56. The minimum absolute atomic E-state index is 0.137. The number of ether oxygens (including phenoxy) is 1. The largest absolute Gasteiger partial charge is 0.497 e. The van der Waals surface area contributed by atoms with Crippen molar-refractivity contribution in [1.82, 2.24) is 9.55 Å². The summed E-state index contributed by atoms with van der Waals surface area (Å²) in [5, 5.41) is 11.6. The van der Waals surface area contributed by atoms with Crippen LogP contribution in [0.4, 0.5) is 5.69 Å². The molecule has 2 aromatic carbocycles. The maximum Gasteiger partial charge on any atom is 0.328 e. The summed E-state index contributed by atoms with van der Waals surface area (Å²) in [6.07, 6.45) is 4.37. The van der Waals surface area contributed by atoms with Crippen LogP contribution in [-0.4, -0.2) is 33.6 Å². The number of hydrogen-bond donors (Lipinski definition) is 2. The maximum absolute atomic E-state index is 12.9. The first kappa shape index (κ1) is 20.1. The molecule has 0 spiro atoms. The van der Waals surface area contributed by atoms with E-state index in [1.165, 1.54) is 0 Å². The quantitative estimate of drug-likeness (QED) is 0.618. The Morgan fingerprint density at radius 1 is 1.16 bits per heavy atom. The number of carbonyl (C=O) groups is 2. The molecule has 31 heavy (non-hydrogen) atoms. The van der Waals surface area contributed by atoms with Gasteiger partial charge in [-0.25, -0.2) is 9.78 Å². The number of aromatic nitrogens is 2. The van der Waals surface area contributed by atoms with E-state index >= 15 is 0 Å². The van der Waals surface area contributed by atoms with Gasteiger partial charge in [0.1, 0.15) is 11.6 Å². The van der Waals surface area contributed by atoms with Crippen LogP contribution in [0, 0.1) is 0 Å². The van der Waals surface area contributed by atoms with E-state index in [1.807, 2.05) is 30.3 Å². The molecule has 1 aliphatic rings. The van der Waals surface area contributed by atoms with E-state index < -0.39 is 11.9 Å². The Balaban J connectivity index is 1.69. The highest BCUT2D eigenvalue weighted by molar-refractivity contribution is 6.03. The minimum Gasteiger partial charge on any atom is -0.497 e. The van der Waals surface area contributed by atoms with Crippen molar-refractivity contribution in [2.45, 2.75) is 13.0 Å². The third-order valence-electron chi connectivity index (χ3n) is 4.95. The molecule has 1 amide bonds. The van der Waals surface area contributed by atoms with E-state index in [9.17, 15) is 14.4 Å². The molecule has 156 valence electrons. The zero-order valence-electron chi connectivity index (χ0n) is 16.7. The maximum atomic E-state index is 12.9. The van der Waals surface area contributed by atoms with E-state index in [-0.39, 0.29) is 5.56 Å². The van der Waals surface area contributed by atoms with Gasteiger partial charge < -0.3 is 15.2 Å². The second-order valence-corrected chi connectivity index (χ2v) is 6.98. The summed E-state index contributed by atoms with van der Waals surface area (Å²) in [6.45, 7) is 0.553. The average Bonchev–Trinajstić information content (AvgIpc) is 3.15. The van der Waals surface area contributed by atoms with E-state index in [0.717, 1.165) is 29.0 Å². The molecule has 0 fully saturated rings. The number of aliphatic carboxylic acids is 1. The van der Waals surface area contributed by atoms with Gasteiger partial charge >= 0.3 is 5.97 Å². The molecule has 0 atom stereocenters. The molecule has 0 saturated carbocycles. The fraction of sp³-hybridized carbons (Fsp3) is 0.130. The number of allylic oxidation sites excluding steroid dienone is 1.